The van der Waals surface area contributed by atoms with Crippen molar-refractivity contribution >= 4 is 17.5 Å². The molecule has 8 heteroatoms. The van der Waals surface area contributed by atoms with E-state index < -0.39 is 6.04 Å². The molecule has 4 rings (SSSR count). The van der Waals surface area contributed by atoms with Crippen LogP contribution in [0.1, 0.15) is 38.7 Å². The first-order chi connectivity index (χ1) is 16.3. The third-order valence-electron chi connectivity index (χ3n) is 5.49. The third kappa shape index (κ3) is 5.13. The number of rotatable bonds is 7. The van der Waals surface area contributed by atoms with E-state index in [1.165, 1.54) is 12.1 Å². The van der Waals surface area contributed by atoms with E-state index in [-0.39, 0.29) is 18.3 Å². The molecule has 0 aliphatic heterocycles. The zero-order chi connectivity index (χ0) is 24.2. The smallest absolute Gasteiger partial charge is 0.253 e. The van der Waals surface area contributed by atoms with Gasteiger partial charge < -0.3 is 20.3 Å². The molecule has 0 fully saturated rings. The number of nitrogens with zero attached hydrogens (tertiary/aromatic N) is 3. The van der Waals surface area contributed by atoms with Crippen LogP contribution in [0.2, 0.25) is 0 Å². The van der Waals surface area contributed by atoms with Crippen molar-refractivity contribution in [2.75, 3.05) is 11.9 Å². The molecule has 0 saturated carbocycles. The van der Waals surface area contributed by atoms with Gasteiger partial charge >= 0.3 is 0 Å². The van der Waals surface area contributed by atoms with E-state index in [9.17, 15) is 14.3 Å². The molecule has 174 valence electrons. The first kappa shape index (κ1) is 23.1. The Kier molecular flexibility index (Phi) is 6.70. The topological polar surface area (TPSA) is 92.1 Å². The summed E-state index contributed by atoms with van der Waals surface area (Å²) in [5.41, 5.74) is 4.63. The van der Waals surface area contributed by atoms with Crippen molar-refractivity contribution < 1.29 is 14.3 Å². The number of aliphatic hydroxyl groups is 1. The number of halogens is 1. The summed E-state index contributed by atoms with van der Waals surface area (Å²) in [7, 11) is 0. The van der Waals surface area contributed by atoms with E-state index in [1.54, 1.807) is 29.1 Å². The summed E-state index contributed by atoms with van der Waals surface area (Å²) >= 11 is 0. The van der Waals surface area contributed by atoms with Crippen LogP contribution in [0.25, 0.3) is 5.82 Å². The van der Waals surface area contributed by atoms with Crippen LogP contribution < -0.4 is 10.6 Å². The van der Waals surface area contributed by atoms with Gasteiger partial charge in [-0.05, 0) is 56.2 Å². The molecule has 2 heterocycles. The van der Waals surface area contributed by atoms with Gasteiger partial charge in [-0.25, -0.2) is 9.37 Å². The maximum Gasteiger partial charge on any atom is 0.253 e. The summed E-state index contributed by atoms with van der Waals surface area (Å²) < 4.78 is 15.0. The van der Waals surface area contributed by atoms with Crippen LogP contribution in [0, 0.1) is 26.6 Å². The molecule has 3 N–H and O–H groups in total. The first-order valence-corrected chi connectivity index (χ1v) is 10.9. The normalized spacial score (nSPS) is 11.8. The number of benzene rings is 2. The standard InChI is InChI=1S/C26H26FN5O2/c1-16-5-4-6-19(11-16)23(15-33)30-25(34)22-14-32(13-18(22)3)24-17(2)12-28-26(31-24)29-21-9-7-20(27)8-10-21/h4-14,23,33H,15H2,1-3H3,(H,30,34)(H,28,29,31). The fraction of sp³-hybridized carbons (Fsp3) is 0.192. The molecule has 0 aliphatic carbocycles. The van der Waals surface area contributed by atoms with E-state index in [0.717, 1.165) is 22.3 Å². The van der Waals surface area contributed by atoms with Crippen LogP contribution in [-0.4, -0.2) is 32.2 Å². The second kappa shape index (κ2) is 9.84. The van der Waals surface area contributed by atoms with Gasteiger partial charge in [-0.2, -0.15) is 4.98 Å². The Morgan fingerprint density at radius 2 is 1.85 bits per heavy atom. The number of aryl methyl sites for hydroxylation is 3. The van der Waals surface area contributed by atoms with E-state index in [1.807, 2.05) is 51.2 Å². The Bertz CT molecular complexity index is 1320. The minimum Gasteiger partial charge on any atom is -0.394 e. The molecule has 4 aromatic rings. The minimum atomic E-state index is -0.512. The van der Waals surface area contributed by atoms with Crippen molar-refractivity contribution in [3.8, 4) is 5.82 Å². The van der Waals surface area contributed by atoms with E-state index >= 15 is 0 Å². The molecule has 1 unspecified atom stereocenters. The van der Waals surface area contributed by atoms with Gasteiger partial charge in [-0.3, -0.25) is 4.79 Å². The van der Waals surface area contributed by atoms with Crippen LogP contribution in [-0.2, 0) is 0 Å². The van der Waals surface area contributed by atoms with Gasteiger partial charge in [-0.1, -0.05) is 29.8 Å². The number of aliphatic hydroxyl groups excluding tert-OH is 1. The fourth-order valence-corrected chi connectivity index (χ4v) is 3.69. The van der Waals surface area contributed by atoms with Crippen molar-refractivity contribution in [3.05, 3.63) is 101 Å². The van der Waals surface area contributed by atoms with Crippen LogP contribution >= 0.6 is 0 Å². The average Bonchev–Trinajstić information content (AvgIpc) is 3.21. The number of carbonyl (C=O) groups is 1. The summed E-state index contributed by atoms with van der Waals surface area (Å²) in [5, 5.41) is 15.8. The lowest BCUT2D eigenvalue weighted by atomic mass is 10.0. The molecule has 34 heavy (non-hydrogen) atoms. The molecule has 2 aromatic carbocycles. The van der Waals surface area contributed by atoms with E-state index in [4.69, 9.17) is 0 Å². The molecule has 2 aromatic heterocycles. The number of carbonyl (C=O) groups excluding carboxylic acids is 1. The van der Waals surface area contributed by atoms with Gasteiger partial charge in [0.2, 0.25) is 5.95 Å². The summed E-state index contributed by atoms with van der Waals surface area (Å²) in [6, 6.07) is 13.1. The molecule has 7 nitrogen and oxygen atoms in total. The monoisotopic (exact) mass is 459 g/mol. The lowest BCUT2D eigenvalue weighted by molar-refractivity contribution is 0.0915. The van der Waals surface area contributed by atoms with Gasteiger partial charge in [0, 0.05) is 29.8 Å². The number of hydrogen-bond acceptors (Lipinski definition) is 5. The van der Waals surface area contributed by atoms with Gasteiger partial charge in [0.1, 0.15) is 11.6 Å². The maximum absolute atomic E-state index is 13.2. The molecule has 0 aliphatic rings. The summed E-state index contributed by atoms with van der Waals surface area (Å²) in [5.74, 6) is 0.354. The number of aromatic nitrogens is 3. The molecule has 1 atom stereocenters. The summed E-state index contributed by atoms with van der Waals surface area (Å²) in [6.07, 6.45) is 5.22. The van der Waals surface area contributed by atoms with Crippen LogP contribution in [0.15, 0.2) is 67.1 Å². The average molecular weight is 460 g/mol. The Hall–Kier alpha value is -4.04. The van der Waals surface area contributed by atoms with Crippen LogP contribution in [0.3, 0.4) is 0 Å². The van der Waals surface area contributed by atoms with E-state index in [2.05, 4.69) is 20.6 Å². The Balaban J connectivity index is 1.57. The zero-order valence-electron chi connectivity index (χ0n) is 19.2. The predicted molar refractivity (Wildman–Crippen MR) is 129 cm³/mol. The van der Waals surface area contributed by atoms with Gasteiger partial charge in [0.25, 0.3) is 5.91 Å². The number of anilines is 2. The molecule has 1 amide bonds. The lowest BCUT2D eigenvalue weighted by Gasteiger charge is -2.17. The molecular formula is C26H26FN5O2. The third-order valence-corrected chi connectivity index (χ3v) is 5.49. The predicted octanol–water partition coefficient (Wildman–Crippen LogP) is 4.54. The highest BCUT2D eigenvalue weighted by Gasteiger charge is 2.19. The Labute approximate surface area is 197 Å². The number of nitrogens with one attached hydrogen (secondary N) is 2. The SMILES string of the molecule is Cc1cccc(C(CO)NC(=O)c2cn(-c3nc(Nc4ccc(F)cc4)ncc3C)cc2C)c1. The van der Waals surface area contributed by atoms with Crippen LogP contribution in [0.5, 0.6) is 0 Å². The maximum atomic E-state index is 13.2. The summed E-state index contributed by atoms with van der Waals surface area (Å²) in [4.78, 5) is 21.9. The second-order valence-corrected chi connectivity index (χ2v) is 8.22. The summed E-state index contributed by atoms with van der Waals surface area (Å²) in [6.45, 7) is 5.48. The largest absolute Gasteiger partial charge is 0.394 e. The van der Waals surface area contributed by atoms with Gasteiger partial charge in [0.05, 0.1) is 18.2 Å². The van der Waals surface area contributed by atoms with Gasteiger partial charge in [0.15, 0.2) is 0 Å². The second-order valence-electron chi connectivity index (χ2n) is 8.22. The van der Waals surface area contributed by atoms with E-state index in [0.29, 0.717) is 23.0 Å². The molecule has 0 spiro atoms. The number of hydrogen-bond donors (Lipinski definition) is 3. The molecular weight excluding hydrogens is 433 g/mol. The van der Waals surface area contributed by atoms with Gasteiger partial charge in [-0.15, -0.1) is 0 Å². The molecule has 0 radical (unpaired) electrons. The fourth-order valence-electron chi connectivity index (χ4n) is 3.69. The van der Waals surface area contributed by atoms with Crippen molar-refractivity contribution in [2.45, 2.75) is 26.8 Å². The molecule has 0 bridgehead atoms. The Morgan fingerprint density at radius 3 is 2.56 bits per heavy atom. The highest BCUT2D eigenvalue weighted by Crippen LogP contribution is 2.21. The minimum absolute atomic E-state index is 0.210. The quantitative estimate of drug-likeness (QED) is 0.377. The number of amides is 1. The van der Waals surface area contributed by atoms with Crippen molar-refractivity contribution in [2.24, 2.45) is 0 Å². The first-order valence-electron chi connectivity index (χ1n) is 10.9. The highest BCUT2D eigenvalue weighted by atomic mass is 19.1. The van der Waals surface area contributed by atoms with Crippen molar-refractivity contribution in [1.82, 2.24) is 19.9 Å². The molecule has 0 saturated heterocycles. The zero-order valence-corrected chi connectivity index (χ0v) is 19.2. The van der Waals surface area contributed by atoms with Crippen molar-refractivity contribution in [3.63, 3.8) is 0 Å². The Morgan fingerprint density at radius 1 is 1.09 bits per heavy atom. The van der Waals surface area contributed by atoms with Crippen LogP contribution in [0.4, 0.5) is 16.0 Å². The van der Waals surface area contributed by atoms with Crippen molar-refractivity contribution in [1.29, 1.82) is 0 Å². The highest BCUT2D eigenvalue weighted by molar-refractivity contribution is 5.96. The lowest BCUT2D eigenvalue weighted by Crippen LogP contribution is -2.31.